The van der Waals surface area contributed by atoms with E-state index in [9.17, 15) is 23.7 Å². The molecule has 1 atom stereocenters. The van der Waals surface area contributed by atoms with Crippen molar-refractivity contribution in [3.05, 3.63) is 34.3 Å². The predicted octanol–water partition coefficient (Wildman–Crippen LogP) is 2.58. The Kier molecular flexibility index (Phi) is 4.17. The lowest BCUT2D eigenvalue weighted by atomic mass is 10.0. The molecule has 0 aliphatic carbocycles. The van der Waals surface area contributed by atoms with Crippen LogP contribution in [-0.4, -0.2) is 22.6 Å². The molecule has 17 heavy (non-hydrogen) atoms. The minimum Gasteiger partial charge on any atom is -0.461 e. The highest BCUT2D eigenvalue weighted by Gasteiger charge is 2.42. The predicted molar refractivity (Wildman–Crippen MR) is 53.8 cm³/mol. The highest BCUT2D eigenvalue weighted by molar-refractivity contribution is 6.22. The van der Waals surface area contributed by atoms with Gasteiger partial charge in [0.15, 0.2) is 11.5 Å². The summed E-state index contributed by atoms with van der Waals surface area (Å²) >= 11 is 4.73. The Morgan fingerprint density at radius 2 is 2.29 bits per heavy atom. The van der Waals surface area contributed by atoms with Crippen molar-refractivity contribution >= 4 is 17.4 Å². The summed E-state index contributed by atoms with van der Waals surface area (Å²) < 4.78 is 30.4. The van der Waals surface area contributed by atoms with E-state index in [4.69, 9.17) is 16.0 Å². The van der Waals surface area contributed by atoms with Crippen molar-refractivity contribution in [2.45, 2.75) is 11.8 Å². The molecule has 0 saturated carbocycles. The van der Waals surface area contributed by atoms with Crippen molar-refractivity contribution in [2.24, 2.45) is 5.92 Å². The number of carbonyl (C=O) groups is 1. The third-order valence-electron chi connectivity index (χ3n) is 2.06. The molecule has 94 valence electrons. The molecule has 0 aromatic carbocycles. The summed E-state index contributed by atoms with van der Waals surface area (Å²) in [6, 6.07) is 2.70. The van der Waals surface area contributed by atoms with Gasteiger partial charge in [-0.3, -0.25) is 14.9 Å². The SMILES string of the molecule is O=C(CC(C[N+](=O)[O-])C(F)(F)Cl)c1ccco1. The number of rotatable bonds is 6. The molecule has 1 unspecified atom stereocenters. The zero-order valence-electron chi connectivity index (χ0n) is 8.44. The molecule has 5 nitrogen and oxygen atoms in total. The van der Waals surface area contributed by atoms with Gasteiger partial charge in [0.25, 0.3) is 0 Å². The summed E-state index contributed by atoms with van der Waals surface area (Å²) in [7, 11) is 0. The molecular weight excluding hydrogens is 260 g/mol. The van der Waals surface area contributed by atoms with Crippen LogP contribution >= 0.6 is 11.6 Å². The van der Waals surface area contributed by atoms with E-state index in [-0.39, 0.29) is 5.76 Å². The maximum Gasteiger partial charge on any atom is 0.331 e. The minimum absolute atomic E-state index is 0.126. The molecule has 0 bridgehead atoms. The second kappa shape index (κ2) is 5.22. The molecule has 0 radical (unpaired) electrons. The summed E-state index contributed by atoms with van der Waals surface area (Å²) in [6.07, 6.45) is 0.458. The lowest BCUT2D eigenvalue weighted by Crippen LogP contribution is -2.31. The lowest BCUT2D eigenvalue weighted by Gasteiger charge is -2.16. The van der Waals surface area contributed by atoms with Crippen LogP contribution in [0.15, 0.2) is 22.8 Å². The summed E-state index contributed by atoms with van der Waals surface area (Å²) in [6.45, 7) is -1.08. The molecule has 1 heterocycles. The molecule has 1 aromatic heterocycles. The molecule has 0 fully saturated rings. The number of carbonyl (C=O) groups excluding carboxylic acids is 1. The summed E-state index contributed by atoms with van der Waals surface area (Å²) in [5.41, 5.74) is 0. The standard InChI is InChI=1S/C9H8ClF2NO4/c10-9(11,12)6(5-13(15)16)4-7(14)8-2-1-3-17-8/h1-3,6H,4-5H2. The van der Waals surface area contributed by atoms with Crippen LogP contribution in [0.5, 0.6) is 0 Å². The van der Waals surface area contributed by atoms with Gasteiger partial charge in [0.05, 0.1) is 6.26 Å². The first-order valence-corrected chi connectivity index (χ1v) is 4.93. The number of ketones is 1. The molecule has 0 N–H and O–H groups in total. The van der Waals surface area contributed by atoms with Crippen molar-refractivity contribution in [1.29, 1.82) is 0 Å². The smallest absolute Gasteiger partial charge is 0.331 e. The summed E-state index contributed by atoms with van der Waals surface area (Å²) in [4.78, 5) is 20.7. The molecule has 0 amide bonds. The Hall–Kier alpha value is -1.50. The fraction of sp³-hybridized carbons (Fsp3) is 0.444. The monoisotopic (exact) mass is 267 g/mol. The molecule has 0 spiro atoms. The first kappa shape index (κ1) is 13.6. The van der Waals surface area contributed by atoms with Crippen LogP contribution in [0, 0.1) is 16.0 Å². The highest BCUT2D eigenvalue weighted by atomic mass is 35.5. The maximum absolute atomic E-state index is 12.8. The van der Waals surface area contributed by atoms with E-state index >= 15 is 0 Å². The third kappa shape index (κ3) is 4.10. The molecule has 8 heteroatoms. The number of nitro groups is 1. The summed E-state index contributed by atoms with van der Waals surface area (Å²) in [5, 5.41) is 6.39. The summed E-state index contributed by atoms with van der Waals surface area (Å²) in [5.74, 6) is -2.74. The van der Waals surface area contributed by atoms with Gasteiger partial charge in [-0.15, -0.1) is 0 Å². The van der Waals surface area contributed by atoms with Gasteiger partial charge in [-0.1, -0.05) is 0 Å². The van der Waals surface area contributed by atoms with Gasteiger partial charge >= 0.3 is 5.38 Å². The van der Waals surface area contributed by atoms with Gasteiger partial charge in [-0.2, -0.15) is 8.78 Å². The normalized spacial score (nSPS) is 13.4. The van der Waals surface area contributed by atoms with Gasteiger partial charge < -0.3 is 4.42 Å². The van der Waals surface area contributed by atoms with Crippen LogP contribution in [-0.2, 0) is 0 Å². The van der Waals surface area contributed by atoms with Crippen molar-refractivity contribution in [2.75, 3.05) is 6.54 Å². The van der Waals surface area contributed by atoms with Crippen molar-refractivity contribution in [3.8, 4) is 0 Å². The van der Waals surface area contributed by atoms with E-state index in [1.165, 1.54) is 18.4 Å². The zero-order chi connectivity index (χ0) is 13.1. The number of hydrogen-bond acceptors (Lipinski definition) is 4. The number of nitrogens with zero attached hydrogens (tertiary/aromatic N) is 1. The Labute approximate surface area is 99.5 Å². The van der Waals surface area contributed by atoms with E-state index in [1.807, 2.05) is 0 Å². The Morgan fingerprint density at radius 1 is 1.65 bits per heavy atom. The largest absolute Gasteiger partial charge is 0.461 e. The van der Waals surface area contributed by atoms with Gasteiger partial charge in [0.1, 0.15) is 5.92 Å². The van der Waals surface area contributed by atoms with Gasteiger partial charge in [-0.25, -0.2) is 0 Å². The molecule has 1 aromatic rings. The van der Waals surface area contributed by atoms with Crippen LogP contribution in [0.2, 0.25) is 0 Å². The average molecular weight is 268 g/mol. The molecule has 1 rings (SSSR count). The molecule has 0 aliphatic rings. The lowest BCUT2D eigenvalue weighted by molar-refractivity contribution is -0.492. The number of furan rings is 1. The van der Waals surface area contributed by atoms with E-state index in [2.05, 4.69) is 0 Å². The zero-order valence-corrected chi connectivity index (χ0v) is 9.19. The Morgan fingerprint density at radius 3 is 2.71 bits per heavy atom. The fourth-order valence-electron chi connectivity index (χ4n) is 1.23. The van der Waals surface area contributed by atoms with E-state index in [1.54, 1.807) is 0 Å². The fourth-order valence-corrected chi connectivity index (χ4v) is 1.37. The third-order valence-corrected chi connectivity index (χ3v) is 2.37. The van der Waals surface area contributed by atoms with Gasteiger partial charge in [-0.05, 0) is 23.7 Å². The first-order chi connectivity index (χ1) is 7.80. The molecule has 0 aliphatic heterocycles. The topological polar surface area (TPSA) is 73.3 Å². The van der Waals surface area contributed by atoms with Crippen LogP contribution < -0.4 is 0 Å². The number of hydrogen-bond donors (Lipinski definition) is 0. The Bertz CT molecular complexity index is 402. The second-order valence-corrected chi connectivity index (χ2v) is 3.86. The highest BCUT2D eigenvalue weighted by Crippen LogP contribution is 2.32. The number of Topliss-reactive ketones (excluding diaryl/α,β-unsaturated/α-hetero) is 1. The Balaban J connectivity index is 2.73. The quantitative estimate of drug-likeness (QED) is 0.344. The van der Waals surface area contributed by atoms with Crippen LogP contribution in [0.1, 0.15) is 17.0 Å². The van der Waals surface area contributed by atoms with Crippen LogP contribution in [0.25, 0.3) is 0 Å². The van der Waals surface area contributed by atoms with E-state index in [0.29, 0.717) is 0 Å². The second-order valence-electron chi connectivity index (χ2n) is 3.36. The van der Waals surface area contributed by atoms with E-state index < -0.39 is 35.0 Å². The van der Waals surface area contributed by atoms with Crippen molar-refractivity contribution < 1.29 is 22.9 Å². The minimum atomic E-state index is -3.81. The first-order valence-electron chi connectivity index (χ1n) is 4.56. The van der Waals surface area contributed by atoms with Gasteiger partial charge in [0.2, 0.25) is 6.54 Å². The van der Waals surface area contributed by atoms with Crippen LogP contribution in [0.3, 0.4) is 0 Å². The average Bonchev–Trinajstić information content (AvgIpc) is 2.66. The van der Waals surface area contributed by atoms with Crippen molar-refractivity contribution in [3.63, 3.8) is 0 Å². The molecular formula is C9H8ClF2NO4. The van der Waals surface area contributed by atoms with Crippen molar-refractivity contribution in [1.82, 2.24) is 0 Å². The number of alkyl halides is 3. The van der Waals surface area contributed by atoms with Gasteiger partial charge in [0, 0.05) is 11.3 Å². The number of halogens is 3. The van der Waals surface area contributed by atoms with Crippen LogP contribution in [0.4, 0.5) is 8.78 Å². The molecule has 0 saturated heterocycles. The maximum atomic E-state index is 12.8. The van der Waals surface area contributed by atoms with E-state index in [0.717, 1.165) is 0 Å².